The SMILES string of the molecule is CCOCC1(CCc2ccc(F)cc2)CCN(Cc2ccccc2-c2cccs2)C1. The number of rotatable bonds is 9. The van der Waals surface area contributed by atoms with Crippen molar-refractivity contribution in [2.24, 2.45) is 5.41 Å². The van der Waals surface area contributed by atoms with E-state index in [1.807, 2.05) is 12.1 Å². The summed E-state index contributed by atoms with van der Waals surface area (Å²) >= 11 is 1.80. The van der Waals surface area contributed by atoms with Crippen molar-refractivity contribution in [1.29, 1.82) is 0 Å². The van der Waals surface area contributed by atoms with E-state index in [4.69, 9.17) is 4.74 Å². The molecule has 1 fully saturated rings. The van der Waals surface area contributed by atoms with Crippen molar-refractivity contribution >= 4 is 11.3 Å². The lowest BCUT2D eigenvalue weighted by Crippen LogP contribution is -2.32. The van der Waals surface area contributed by atoms with E-state index < -0.39 is 0 Å². The summed E-state index contributed by atoms with van der Waals surface area (Å²) in [6.45, 7) is 6.73. The molecule has 0 bridgehead atoms. The van der Waals surface area contributed by atoms with Gasteiger partial charge < -0.3 is 4.74 Å². The Kier molecular flexibility index (Phi) is 6.98. The highest BCUT2D eigenvalue weighted by Crippen LogP contribution is 2.37. The maximum absolute atomic E-state index is 13.2. The summed E-state index contributed by atoms with van der Waals surface area (Å²) in [5.74, 6) is -0.167. The van der Waals surface area contributed by atoms with Crippen molar-refractivity contribution in [3.8, 4) is 10.4 Å². The van der Waals surface area contributed by atoms with Crippen LogP contribution >= 0.6 is 11.3 Å². The van der Waals surface area contributed by atoms with Gasteiger partial charge in [-0.3, -0.25) is 4.90 Å². The van der Waals surface area contributed by atoms with Crippen molar-refractivity contribution in [2.45, 2.75) is 32.7 Å². The van der Waals surface area contributed by atoms with Crippen molar-refractivity contribution < 1.29 is 9.13 Å². The van der Waals surface area contributed by atoms with Gasteiger partial charge in [0, 0.05) is 30.0 Å². The predicted molar refractivity (Wildman–Crippen MR) is 123 cm³/mol. The maximum Gasteiger partial charge on any atom is 0.123 e. The summed E-state index contributed by atoms with van der Waals surface area (Å²) < 4.78 is 19.2. The summed E-state index contributed by atoms with van der Waals surface area (Å²) in [7, 11) is 0. The molecule has 0 spiro atoms. The number of likely N-dealkylation sites (tertiary alicyclic amines) is 1. The van der Waals surface area contributed by atoms with E-state index in [0.29, 0.717) is 0 Å². The topological polar surface area (TPSA) is 12.5 Å². The zero-order valence-electron chi connectivity index (χ0n) is 17.6. The van der Waals surface area contributed by atoms with E-state index in [0.717, 1.165) is 52.1 Å². The molecule has 0 amide bonds. The lowest BCUT2D eigenvalue weighted by Gasteiger charge is -2.29. The highest BCUT2D eigenvalue weighted by molar-refractivity contribution is 7.13. The summed E-state index contributed by atoms with van der Waals surface area (Å²) in [5.41, 5.74) is 4.11. The molecule has 4 heteroatoms. The third-order valence-corrected chi connectivity index (χ3v) is 7.09. The molecule has 158 valence electrons. The smallest absolute Gasteiger partial charge is 0.123 e. The van der Waals surface area contributed by atoms with Crippen LogP contribution in [0.2, 0.25) is 0 Å². The van der Waals surface area contributed by atoms with Crippen LogP contribution in [-0.2, 0) is 17.7 Å². The summed E-state index contributed by atoms with van der Waals surface area (Å²) in [6.07, 6.45) is 3.18. The fourth-order valence-electron chi connectivity index (χ4n) is 4.51. The fraction of sp³-hybridized carbons (Fsp3) is 0.385. The molecule has 1 aliphatic heterocycles. The van der Waals surface area contributed by atoms with E-state index in [1.165, 1.54) is 21.6 Å². The normalized spacial score (nSPS) is 19.4. The second-order valence-corrected chi connectivity index (χ2v) is 9.31. The van der Waals surface area contributed by atoms with Gasteiger partial charge in [-0.15, -0.1) is 11.3 Å². The van der Waals surface area contributed by atoms with Gasteiger partial charge in [-0.05, 0) is 73.0 Å². The monoisotopic (exact) mass is 423 g/mol. The van der Waals surface area contributed by atoms with Crippen LogP contribution in [0, 0.1) is 11.2 Å². The number of aryl methyl sites for hydroxylation is 1. The minimum atomic E-state index is -0.167. The van der Waals surface area contributed by atoms with Crippen LogP contribution in [0.15, 0.2) is 66.0 Å². The predicted octanol–water partition coefficient (Wildman–Crippen LogP) is 6.42. The molecule has 3 aromatic rings. The summed E-state index contributed by atoms with van der Waals surface area (Å²) in [5, 5.41) is 2.14. The molecule has 0 aliphatic carbocycles. The molecule has 0 N–H and O–H groups in total. The number of ether oxygens (including phenoxy) is 1. The summed E-state index contributed by atoms with van der Waals surface area (Å²) in [6, 6.07) is 20.0. The molecule has 4 rings (SSSR count). The second kappa shape index (κ2) is 9.86. The largest absolute Gasteiger partial charge is 0.381 e. The molecule has 0 radical (unpaired) electrons. The maximum atomic E-state index is 13.2. The van der Waals surface area contributed by atoms with Crippen molar-refractivity contribution in [1.82, 2.24) is 4.90 Å². The molecule has 2 aromatic carbocycles. The average Bonchev–Trinajstić information content (AvgIpc) is 3.43. The van der Waals surface area contributed by atoms with Crippen LogP contribution in [-0.4, -0.2) is 31.2 Å². The Hall–Kier alpha value is -2.01. The quantitative estimate of drug-likeness (QED) is 0.394. The summed E-state index contributed by atoms with van der Waals surface area (Å²) in [4.78, 5) is 3.91. The van der Waals surface area contributed by atoms with Crippen LogP contribution in [0.3, 0.4) is 0 Å². The van der Waals surface area contributed by atoms with Gasteiger partial charge in [-0.25, -0.2) is 4.39 Å². The van der Waals surface area contributed by atoms with Crippen LogP contribution in [0.4, 0.5) is 4.39 Å². The van der Waals surface area contributed by atoms with E-state index in [2.05, 4.69) is 53.6 Å². The first-order chi connectivity index (χ1) is 14.7. The standard InChI is InChI=1S/C26H30FNOS/c1-2-29-20-26(14-13-21-9-11-23(27)12-10-21)15-16-28(19-26)18-22-6-3-4-7-24(22)25-8-5-17-30-25/h3-12,17H,2,13-16,18-20H2,1H3. The molecule has 1 aromatic heterocycles. The number of hydrogen-bond acceptors (Lipinski definition) is 3. The molecular weight excluding hydrogens is 393 g/mol. The highest BCUT2D eigenvalue weighted by atomic mass is 32.1. The fourth-order valence-corrected chi connectivity index (χ4v) is 5.29. The van der Waals surface area contributed by atoms with Crippen molar-refractivity contribution in [2.75, 3.05) is 26.3 Å². The number of benzene rings is 2. The van der Waals surface area contributed by atoms with Gasteiger partial charge in [0.2, 0.25) is 0 Å². The van der Waals surface area contributed by atoms with Crippen LogP contribution < -0.4 is 0 Å². The minimum absolute atomic E-state index is 0.167. The van der Waals surface area contributed by atoms with Gasteiger partial charge in [-0.2, -0.15) is 0 Å². The number of thiophene rings is 1. The van der Waals surface area contributed by atoms with E-state index in [-0.39, 0.29) is 11.2 Å². The minimum Gasteiger partial charge on any atom is -0.381 e. The van der Waals surface area contributed by atoms with Gasteiger partial charge in [0.15, 0.2) is 0 Å². The zero-order chi connectivity index (χ0) is 20.8. The Morgan fingerprint density at radius 2 is 1.90 bits per heavy atom. The molecule has 2 heterocycles. The van der Waals surface area contributed by atoms with Crippen LogP contribution in [0.25, 0.3) is 10.4 Å². The first kappa shape index (κ1) is 21.2. The molecule has 1 unspecified atom stereocenters. The van der Waals surface area contributed by atoms with Gasteiger partial charge >= 0.3 is 0 Å². The first-order valence-electron chi connectivity index (χ1n) is 10.8. The van der Waals surface area contributed by atoms with Gasteiger partial charge in [0.05, 0.1) is 6.61 Å². The van der Waals surface area contributed by atoms with E-state index >= 15 is 0 Å². The molecule has 1 aliphatic rings. The Balaban J connectivity index is 1.45. The first-order valence-corrected chi connectivity index (χ1v) is 11.7. The molecule has 2 nitrogen and oxygen atoms in total. The lowest BCUT2D eigenvalue weighted by molar-refractivity contribution is 0.0489. The third-order valence-electron chi connectivity index (χ3n) is 6.18. The average molecular weight is 424 g/mol. The lowest BCUT2D eigenvalue weighted by atomic mass is 9.82. The molecular formula is C26H30FNOS. The van der Waals surface area contributed by atoms with Gasteiger partial charge in [-0.1, -0.05) is 42.5 Å². The van der Waals surface area contributed by atoms with E-state index in [1.54, 1.807) is 23.5 Å². The van der Waals surface area contributed by atoms with Crippen LogP contribution in [0.5, 0.6) is 0 Å². The number of hydrogen-bond donors (Lipinski definition) is 0. The third kappa shape index (κ3) is 5.18. The zero-order valence-corrected chi connectivity index (χ0v) is 18.5. The van der Waals surface area contributed by atoms with Crippen LogP contribution in [0.1, 0.15) is 30.9 Å². The second-order valence-electron chi connectivity index (χ2n) is 8.36. The molecule has 30 heavy (non-hydrogen) atoms. The Morgan fingerprint density at radius 3 is 2.67 bits per heavy atom. The Bertz CT molecular complexity index is 924. The van der Waals surface area contributed by atoms with Crippen molar-refractivity contribution in [3.63, 3.8) is 0 Å². The highest BCUT2D eigenvalue weighted by Gasteiger charge is 2.38. The Labute approximate surface area is 183 Å². The van der Waals surface area contributed by atoms with Gasteiger partial charge in [0.1, 0.15) is 5.82 Å². The molecule has 1 atom stereocenters. The van der Waals surface area contributed by atoms with Crippen molar-refractivity contribution in [3.05, 3.63) is 83.0 Å². The molecule has 1 saturated heterocycles. The number of halogens is 1. The van der Waals surface area contributed by atoms with Gasteiger partial charge in [0.25, 0.3) is 0 Å². The van der Waals surface area contributed by atoms with E-state index in [9.17, 15) is 4.39 Å². The molecule has 0 saturated carbocycles. The Morgan fingerprint density at radius 1 is 1.07 bits per heavy atom. The number of nitrogens with zero attached hydrogens (tertiary/aromatic N) is 1.